The van der Waals surface area contributed by atoms with Crippen molar-refractivity contribution in [2.45, 2.75) is 18.9 Å². The van der Waals surface area contributed by atoms with Crippen molar-refractivity contribution in [2.24, 2.45) is 5.73 Å². The number of para-hydroxylation sites is 1. The Kier molecular flexibility index (Phi) is 5.32. The number of benzene rings is 1. The molecule has 0 amide bonds. The van der Waals surface area contributed by atoms with Gasteiger partial charge in [0.15, 0.2) is 11.5 Å². The minimum absolute atomic E-state index is 0. The molecular weight excluding hydrogens is 238 g/mol. The number of rotatable bonds is 4. The zero-order chi connectivity index (χ0) is 11.4. The summed E-state index contributed by atoms with van der Waals surface area (Å²) in [4.78, 5) is 0. The van der Waals surface area contributed by atoms with E-state index < -0.39 is 0 Å². The molecule has 0 unspecified atom stereocenters. The van der Waals surface area contributed by atoms with Gasteiger partial charge in [-0.1, -0.05) is 18.2 Å². The van der Waals surface area contributed by atoms with Crippen LogP contribution in [-0.4, -0.2) is 13.2 Å². The van der Waals surface area contributed by atoms with E-state index in [1.165, 1.54) is 0 Å². The summed E-state index contributed by atoms with van der Waals surface area (Å²) in [5.41, 5.74) is 7.15. The second-order valence-electron chi connectivity index (χ2n) is 3.84. The first-order chi connectivity index (χ1) is 7.83. The van der Waals surface area contributed by atoms with E-state index in [4.69, 9.17) is 15.2 Å². The summed E-state index contributed by atoms with van der Waals surface area (Å²) in [5.74, 6) is 1.61. The Hall–Kier alpha value is -1.19. The monoisotopic (exact) mass is 255 g/mol. The fourth-order valence-electron chi connectivity index (χ4n) is 1.84. The van der Waals surface area contributed by atoms with E-state index >= 15 is 0 Å². The van der Waals surface area contributed by atoms with E-state index in [0.717, 1.165) is 29.9 Å². The highest BCUT2D eigenvalue weighted by molar-refractivity contribution is 5.85. The summed E-state index contributed by atoms with van der Waals surface area (Å²) in [7, 11) is 0. The molecule has 17 heavy (non-hydrogen) atoms. The summed E-state index contributed by atoms with van der Waals surface area (Å²) < 4.78 is 11.1. The molecule has 2 N–H and O–H groups in total. The standard InChI is InChI=1S/C13H17NO2.ClH/c1-2-3-6-11(14)10-5-4-7-12-13(10)16-9-8-15-12;/h2,4-5,7,11H,1,3,6,8-9,14H2;1H/t11-;/m1./s1. The van der Waals surface area contributed by atoms with Crippen molar-refractivity contribution >= 4 is 12.4 Å². The highest BCUT2D eigenvalue weighted by Crippen LogP contribution is 2.37. The lowest BCUT2D eigenvalue weighted by Crippen LogP contribution is -2.19. The SMILES string of the molecule is C=CCC[C@@H](N)c1cccc2c1OCCO2.Cl. The van der Waals surface area contributed by atoms with E-state index in [0.29, 0.717) is 13.2 Å². The highest BCUT2D eigenvalue weighted by Gasteiger charge is 2.19. The molecule has 0 aliphatic carbocycles. The first kappa shape index (κ1) is 13.9. The third kappa shape index (κ3) is 3.14. The van der Waals surface area contributed by atoms with Gasteiger partial charge in [-0.05, 0) is 18.9 Å². The molecule has 1 aromatic carbocycles. The molecule has 0 spiro atoms. The maximum Gasteiger partial charge on any atom is 0.166 e. The van der Waals surface area contributed by atoms with Crippen molar-refractivity contribution in [3.05, 3.63) is 36.4 Å². The number of halogens is 1. The first-order valence-electron chi connectivity index (χ1n) is 5.58. The molecule has 3 nitrogen and oxygen atoms in total. The topological polar surface area (TPSA) is 44.5 Å². The molecule has 1 aliphatic rings. The van der Waals surface area contributed by atoms with Gasteiger partial charge in [-0.2, -0.15) is 0 Å². The molecule has 1 atom stereocenters. The Morgan fingerprint density at radius 3 is 2.88 bits per heavy atom. The second-order valence-corrected chi connectivity index (χ2v) is 3.84. The van der Waals surface area contributed by atoms with Crippen LogP contribution in [0.1, 0.15) is 24.4 Å². The zero-order valence-electron chi connectivity index (χ0n) is 9.72. The molecule has 4 heteroatoms. The third-order valence-corrected chi connectivity index (χ3v) is 2.68. The molecule has 94 valence electrons. The van der Waals surface area contributed by atoms with Crippen molar-refractivity contribution in [3.63, 3.8) is 0 Å². The fourth-order valence-corrected chi connectivity index (χ4v) is 1.84. The van der Waals surface area contributed by atoms with Crippen molar-refractivity contribution in [3.8, 4) is 11.5 Å². The molecule has 0 aromatic heterocycles. The summed E-state index contributed by atoms with van der Waals surface area (Å²) in [6.45, 7) is 4.91. The van der Waals surface area contributed by atoms with Crippen LogP contribution in [0.4, 0.5) is 0 Å². The Morgan fingerprint density at radius 2 is 2.12 bits per heavy atom. The van der Waals surface area contributed by atoms with E-state index in [2.05, 4.69) is 6.58 Å². The van der Waals surface area contributed by atoms with Crippen molar-refractivity contribution in [2.75, 3.05) is 13.2 Å². The number of nitrogens with two attached hydrogens (primary N) is 1. The van der Waals surface area contributed by atoms with Gasteiger partial charge in [-0.3, -0.25) is 0 Å². The molecule has 0 bridgehead atoms. The Balaban J connectivity index is 0.00000144. The van der Waals surface area contributed by atoms with Gasteiger partial charge < -0.3 is 15.2 Å². The van der Waals surface area contributed by atoms with Gasteiger partial charge >= 0.3 is 0 Å². The van der Waals surface area contributed by atoms with Crippen LogP contribution in [0, 0.1) is 0 Å². The zero-order valence-corrected chi connectivity index (χ0v) is 10.5. The number of fused-ring (bicyclic) bond motifs is 1. The number of hydrogen-bond donors (Lipinski definition) is 1. The number of allylic oxidation sites excluding steroid dienone is 1. The predicted octanol–water partition coefficient (Wildman–Crippen LogP) is 2.85. The van der Waals surface area contributed by atoms with Crippen LogP contribution in [0.5, 0.6) is 11.5 Å². The smallest absolute Gasteiger partial charge is 0.166 e. The van der Waals surface area contributed by atoms with Gasteiger partial charge in [-0.25, -0.2) is 0 Å². The van der Waals surface area contributed by atoms with Crippen LogP contribution in [-0.2, 0) is 0 Å². The van der Waals surface area contributed by atoms with Gasteiger partial charge in [0.25, 0.3) is 0 Å². The molecule has 0 saturated heterocycles. The summed E-state index contributed by atoms with van der Waals surface area (Å²) in [6.07, 6.45) is 3.67. The lowest BCUT2D eigenvalue weighted by molar-refractivity contribution is 0.169. The van der Waals surface area contributed by atoms with E-state index in [1.807, 2.05) is 24.3 Å². The summed E-state index contributed by atoms with van der Waals surface area (Å²) in [6, 6.07) is 5.85. The lowest BCUT2D eigenvalue weighted by atomic mass is 10.0. The fraction of sp³-hybridized carbons (Fsp3) is 0.385. The van der Waals surface area contributed by atoms with Crippen LogP contribution in [0.15, 0.2) is 30.9 Å². The van der Waals surface area contributed by atoms with E-state index in [9.17, 15) is 0 Å². The summed E-state index contributed by atoms with van der Waals surface area (Å²) >= 11 is 0. The van der Waals surface area contributed by atoms with Gasteiger partial charge in [0.1, 0.15) is 13.2 Å². The Labute approximate surface area is 108 Å². The maximum absolute atomic E-state index is 6.12. The molecular formula is C13H18ClNO2. The van der Waals surface area contributed by atoms with Crippen molar-refractivity contribution in [1.29, 1.82) is 0 Å². The van der Waals surface area contributed by atoms with Crippen molar-refractivity contribution in [1.82, 2.24) is 0 Å². The molecule has 0 radical (unpaired) electrons. The quantitative estimate of drug-likeness (QED) is 0.842. The van der Waals surface area contributed by atoms with Crippen LogP contribution in [0.2, 0.25) is 0 Å². The van der Waals surface area contributed by atoms with Crippen LogP contribution >= 0.6 is 12.4 Å². The average molecular weight is 256 g/mol. The average Bonchev–Trinajstić information content (AvgIpc) is 2.35. The largest absolute Gasteiger partial charge is 0.486 e. The molecule has 0 saturated carbocycles. The molecule has 0 fully saturated rings. The van der Waals surface area contributed by atoms with Gasteiger partial charge in [0.05, 0.1) is 0 Å². The lowest BCUT2D eigenvalue weighted by Gasteiger charge is -2.23. The Bertz CT molecular complexity index is 382. The maximum atomic E-state index is 6.12. The van der Waals surface area contributed by atoms with Gasteiger partial charge in [0.2, 0.25) is 0 Å². The van der Waals surface area contributed by atoms with E-state index in [-0.39, 0.29) is 18.4 Å². The minimum Gasteiger partial charge on any atom is -0.486 e. The van der Waals surface area contributed by atoms with Gasteiger partial charge in [-0.15, -0.1) is 19.0 Å². The molecule has 2 rings (SSSR count). The predicted molar refractivity (Wildman–Crippen MR) is 71.0 cm³/mol. The van der Waals surface area contributed by atoms with Crippen molar-refractivity contribution < 1.29 is 9.47 Å². The molecule has 1 heterocycles. The molecule has 1 aromatic rings. The minimum atomic E-state index is -0.0188. The van der Waals surface area contributed by atoms with E-state index in [1.54, 1.807) is 0 Å². The normalized spacial score (nSPS) is 14.6. The van der Waals surface area contributed by atoms with Crippen LogP contribution < -0.4 is 15.2 Å². The number of ether oxygens (including phenoxy) is 2. The molecule has 1 aliphatic heterocycles. The number of hydrogen-bond acceptors (Lipinski definition) is 3. The van der Waals surface area contributed by atoms with Crippen LogP contribution in [0.3, 0.4) is 0 Å². The van der Waals surface area contributed by atoms with Crippen LogP contribution in [0.25, 0.3) is 0 Å². The Morgan fingerprint density at radius 1 is 1.35 bits per heavy atom. The second kappa shape index (κ2) is 6.52. The third-order valence-electron chi connectivity index (χ3n) is 2.68. The van der Waals surface area contributed by atoms with Gasteiger partial charge in [0, 0.05) is 11.6 Å². The first-order valence-corrected chi connectivity index (χ1v) is 5.58. The highest BCUT2D eigenvalue weighted by atomic mass is 35.5. The summed E-state index contributed by atoms with van der Waals surface area (Å²) in [5, 5.41) is 0.